The molecule has 0 unspecified atom stereocenters. The molecule has 1 fully saturated rings. The molecule has 3 aromatic rings. The average Bonchev–Trinajstić information content (AvgIpc) is 2.84. The number of piperazine rings is 1. The third kappa shape index (κ3) is 5.86. The van der Waals surface area contributed by atoms with Crippen molar-refractivity contribution in [2.24, 2.45) is 0 Å². The molecular weight excluding hydrogens is 463 g/mol. The lowest BCUT2D eigenvalue weighted by Crippen LogP contribution is -2.50. The number of hydrogen-bond acceptors (Lipinski definition) is 6. The summed E-state index contributed by atoms with van der Waals surface area (Å²) in [7, 11) is 0. The Morgan fingerprint density at radius 1 is 0.939 bits per heavy atom. The Balaban J connectivity index is 1.28. The van der Waals surface area contributed by atoms with Crippen molar-refractivity contribution in [3.05, 3.63) is 64.6 Å². The number of benzene rings is 2. The largest absolute Gasteiger partial charge is 0.494 e. The molecule has 0 spiro atoms. The van der Waals surface area contributed by atoms with E-state index >= 15 is 0 Å². The minimum absolute atomic E-state index is 0.0715. The van der Waals surface area contributed by atoms with E-state index in [9.17, 15) is 4.79 Å². The van der Waals surface area contributed by atoms with Crippen LogP contribution >= 0.6 is 23.2 Å². The third-order valence-electron chi connectivity index (χ3n) is 5.31. The predicted molar refractivity (Wildman–Crippen MR) is 129 cm³/mol. The number of halogens is 2. The standard InChI is InChI=1S/C24H24Cl2N4O3/c1-2-32-19-6-3-17(4-7-19)21-8-10-23(28-27-21)29-11-13-30(14-12-29)24(31)16-33-22-9-5-18(25)15-20(22)26/h3-10,15H,2,11-14,16H2,1H3. The Hall–Kier alpha value is -3.03. The smallest absolute Gasteiger partial charge is 0.260 e. The van der Waals surface area contributed by atoms with E-state index in [-0.39, 0.29) is 12.5 Å². The SMILES string of the molecule is CCOc1ccc(-c2ccc(N3CCN(C(=O)COc4ccc(Cl)cc4Cl)CC3)nn2)cc1. The van der Waals surface area contributed by atoms with Crippen LogP contribution in [0, 0.1) is 0 Å². The maximum absolute atomic E-state index is 12.5. The maximum Gasteiger partial charge on any atom is 0.260 e. The molecule has 1 saturated heterocycles. The summed E-state index contributed by atoms with van der Waals surface area (Å²) in [6.07, 6.45) is 0. The van der Waals surface area contributed by atoms with Crippen LogP contribution in [-0.4, -0.2) is 60.4 Å². The van der Waals surface area contributed by atoms with Crippen LogP contribution in [0.5, 0.6) is 11.5 Å². The first-order valence-electron chi connectivity index (χ1n) is 10.7. The average molecular weight is 487 g/mol. The highest BCUT2D eigenvalue weighted by atomic mass is 35.5. The lowest BCUT2D eigenvalue weighted by Gasteiger charge is -2.35. The molecule has 0 N–H and O–H groups in total. The van der Waals surface area contributed by atoms with Gasteiger partial charge in [-0.15, -0.1) is 10.2 Å². The number of aromatic nitrogens is 2. The highest BCUT2D eigenvalue weighted by molar-refractivity contribution is 6.35. The maximum atomic E-state index is 12.5. The second-order valence-electron chi connectivity index (χ2n) is 7.47. The number of ether oxygens (including phenoxy) is 2. The van der Waals surface area contributed by atoms with Gasteiger partial charge in [-0.1, -0.05) is 23.2 Å². The molecule has 7 nitrogen and oxygen atoms in total. The first-order chi connectivity index (χ1) is 16.0. The zero-order chi connectivity index (χ0) is 23.2. The lowest BCUT2D eigenvalue weighted by atomic mass is 10.1. The van der Waals surface area contributed by atoms with Crippen LogP contribution in [0.25, 0.3) is 11.3 Å². The van der Waals surface area contributed by atoms with Gasteiger partial charge in [0.25, 0.3) is 5.91 Å². The monoisotopic (exact) mass is 486 g/mol. The molecule has 9 heteroatoms. The fraction of sp³-hybridized carbons (Fsp3) is 0.292. The van der Waals surface area contributed by atoms with E-state index in [1.54, 1.807) is 23.1 Å². The van der Waals surface area contributed by atoms with Crippen molar-refractivity contribution in [1.29, 1.82) is 0 Å². The van der Waals surface area contributed by atoms with E-state index in [4.69, 9.17) is 32.7 Å². The number of amides is 1. The number of carbonyl (C=O) groups is 1. The fourth-order valence-corrected chi connectivity index (χ4v) is 4.01. The van der Waals surface area contributed by atoms with E-state index in [2.05, 4.69) is 15.1 Å². The summed E-state index contributed by atoms with van der Waals surface area (Å²) in [5.74, 6) is 1.98. The number of hydrogen-bond donors (Lipinski definition) is 0. The van der Waals surface area contributed by atoms with Gasteiger partial charge < -0.3 is 19.3 Å². The Morgan fingerprint density at radius 2 is 1.70 bits per heavy atom. The highest BCUT2D eigenvalue weighted by Gasteiger charge is 2.22. The zero-order valence-electron chi connectivity index (χ0n) is 18.2. The van der Waals surface area contributed by atoms with Gasteiger partial charge in [0.15, 0.2) is 12.4 Å². The molecule has 0 saturated carbocycles. The lowest BCUT2D eigenvalue weighted by molar-refractivity contribution is -0.133. The molecular formula is C24H24Cl2N4O3. The quantitative estimate of drug-likeness (QED) is 0.486. The molecule has 0 bridgehead atoms. The van der Waals surface area contributed by atoms with Crippen LogP contribution in [0.3, 0.4) is 0 Å². The molecule has 172 valence electrons. The van der Waals surface area contributed by atoms with Gasteiger partial charge in [-0.25, -0.2) is 0 Å². The van der Waals surface area contributed by atoms with Gasteiger partial charge in [-0.3, -0.25) is 4.79 Å². The molecule has 1 aliphatic rings. The van der Waals surface area contributed by atoms with Crippen LogP contribution in [0.1, 0.15) is 6.92 Å². The van der Waals surface area contributed by atoms with E-state index < -0.39 is 0 Å². The van der Waals surface area contributed by atoms with E-state index in [1.807, 2.05) is 43.3 Å². The molecule has 0 aliphatic carbocycles. The number of nitrogens with zero attached hydrogens (tertiary/aromatic N) is 4. The first kappa shape index (κ1) is 23.1. The number of anilines is 1. The van der Waals surface area contributed by atoms with Crippen molar-refractivity contribution in [3.63, 3.8) is 0 Å². The topological polar surface area (TPSA) is 67.8 Å². The Labute approximate surface area is 202 Å². The van der Waals surface area contributed by atoms with E-state index in [1.165, 1.54) is 0 Å². The second-order valence-corrected chi connectivity index (χ2v) is 8.31. The second kappa shape index (κ2) is 10.7. The summed E-state index contributed by atoms with van der Waals surface area (Å²) >= 11 is 12.0. The normalized spacial score (nSPS) is 13.7. The van der Waals surface area contributed by atoms with Crippen LogP contribution in [0.15, 0.2) is 54.6 Å². The van der Waals surface area contributed by atoms with Crippen molar-refractivity contribution in [3.8, 4) is 22.8 Å². The van der Waals surface area contributed by atoms with Gasteiger partial charge in [0, 0.05) is 36.8 Å². The van der Waals surface area contributed by atoms with Crippen molar-refractivity contribution in [2.45, 2.75) is 6.92 Å². The van der Waals surface area contributed by atoms with Gasteiger partial charge in [-0.2, -0.15) is 0 Å². The van der Waals surface area contributed by atoms with Crippen LogP contribution in [0.2, 0.25) is 10.0 Å². The molecule has 33 heavy (non-hydrogen) atoms. The Bertz CT molecular complexity index is 1090. The summed E-state index contributed by atoms with van der Waals surface area (Å²) in [5, 5.41) is 9.67. The van der Waals surface area contributed by atoms with Gasteiger partial charge in [0.2, 0.25) is 0 Å². The van der Waals surface area contributed by atoms with Crippen molar-refractivity contribution in [1.82, 2.24) is 15.1 Å². The summed E-state index contributed by atoms with van der Waals surface area (Å²) < 4.78 is 11.0. The van der Waals surface area contributed by atoms with Crippen molar-refractivity contribution in [2.75, 3.05) is 44.3 Å². The Kier molecular flexibility index (Phi) is 7.52. The van der Waals surface area contributed by atoms with Crippen LogP contribution < -0.4 is 14.4 Å². The molecule has 0 radical (unpaired) electrons. The van der Waals surface area contributed by atoms with Crippen molar-refractivity contribution >= 4 is 34.9 Å². The highest BCUT2D eigenvalue weighted by Crippen LogP contribution is 2.27. The number of carbonyl (C=O) groups excluding carboxylic acids is 1. The molecule has 2 aromatic carbocycles. The summed E-state index contributed by atoms with van der Waals surface area (Å²) in [6, 6.07) is 16.6. The van der Waals surface area contributed by atoms with E-state index in [0.717, 1.165) is 22.8 Å². The summed E-state index contributed by atoms with van der Waals surface area (Å²) in [6.45, 7) is 5.03. The van der Waals surface area contributed by atoms with Gasteiger partial charge in [-0.05, 0) is 61.5 Å². The van der Waals surface area contributed by atoms with E-state index in [0.29, 0.717) is 48.6 Å². The zero-order valence-corrected chi connectivity index (χ0v) is 19.7. The Morgan fingerprint density at radius 3 is 2.33 bits per heavy atom. The first-order valence-corrected chi connectivity index (χ1v) is 11.5. The van der Waals surface area contributed by atoms with Crippen molar-refractivity contribution < 1.29 is 14.3 Å². The molecule has 1 amide bonds. The minimum Gasteiger partial charge on any atom is -0.494 e. The van der Waals surface area contributed by atoms with Gasteiger partial charge >= 0.3 is 0 Å². The molecule has 4 rings (SSSR count). The van der Waals surface area contributed by atoms with Crippen LogP contribution in [0.4, 0.5) is 5.82 Å². The van der Waals surface area contributed by atoms with Gasteiger partial charge in [0.1, 0.15) is 11.5 Å². The third-order valence-corrected chi connectivity index (χ3v) is 5.84. The predicted octanol–water partition coefficient (Wildman–Crippen LogP) is 4.58. The number of rotatable bonds is 7. The summed E-state index contributed by atoms with van der Waals surface area (Å²) in [4.78, 5) is 16.4. The molecule has 1 aromatic heterocycles. The molecule has 2 heterocycles. The summed E-state index contributed by atoms with van der Waals surface area (Å²) in [5.41, 5.74) is 1.78. The van der Waals surface area contributed by atoms with Crippen LogP contribution in [-0.2, 0) is 4.79 Å². The van der Waals surface area contributed by atoms with Gasteiger partial charge in [0.05, 0.1) is 17.3 Å². The molecule has 0 atom stereocenters. The fourth-order valence-electron chi connectivity index (χ4n) is 3.54. The molecule has 1 aliphatic heterocycles. The minimum atomic E-state index is -0.0856.